The van der Waals surface area contributed by atoms with E-state index in [0.29, 0.717) is 11.6 Å². The second-order valence-corrected chi connectivity index (χ2v) is 5.14. The quantitative estimate of drug-likeness (QED) is 0.855. The van der Waals surface area contributed by atoms with E-state index in [1.165, 1.54) is 5.56 Å². The number of aryl methyl sites for hydroxylation is 1. The zero-order valence-electron chi connectivity index (χ0n) is 12.0. The molecule has 3 nitrogen and oxygen atoms in total. The molecule has 0 aliphatic carbocycles. The highest BCUT2D eigenvalue weighted by molar-refractivity contribution is 6.31. The zero-order chi connectivity index (χ0) is 15.1. The fraction of sp³-hybridized carbons (Fsp3) is 0.235. The van der Waals surface area contributed by atoms with E-state index < -0.39 is 0 Å². The Hall–Kier alpha value is -2.00. The lowest BCUT2D eigenvalue weighted by Crippen LogP contribution is -2.29. The maximum absolute atomic E-state index is 11.9. The molecule has 0 spiro atoms. The molecular formula is C17H19ClN2O. The van der Waals surface area contributed by atoms with Gasteiger partial charge >= 0.3 is 0 Å². The molecule has 110 valence electrons. The smallest absolute Gasteiger partial charge is 0.239 e. The number of carbonyl (C=O) groups is 1. The Morgan fingerprint density at radius 3 is 2.43 bits per heavy atom. The van der Waals surface area contributed by atoms with Gasteiger partial charge in [0, 0.05) is 17.3 Å². The van der Waals surface area contributed by atoms with Gasteiger partial charge in [0.15, 0.2) is 0 Å². The van der Waals surface area contributed by atoms with Crippen molar-refractivity contribution in [3.63, 3.8) is 0 Å². The van der Waals surface area contributed by atoms with Crippen molar-refractivity contribution in [2.24, 2.45) is 0 Å². The van der Waals surface area contributed by atoms with Gasteiger partial charge in [0.1, 0.15) is 0 Å². The highest BCUT2D eigenvalue weighted by Gasteiger charge is 2.05. The van der Waals surface area contributed by atoms with E-state index in [4.69, 9.17) is 11.6 Å². The molecule has 0 aliphatic rings. The minimum atomic E-state index is -0.0548. The third kappa shape index (κ3) is 4.50. The Kier molecular flexibility index (Phi) is 5.64. The van der Waals surface area contributed by atoms with Crippen LogP contribution in [0.4, 0.5) is 5.69 Å². The summed E-state index contributed by atoms with van der Waals surface area (Å²) in [6, 6.07) is 15.5. The van der Waals surface area contributed by atoms with Crippen molar-refractivity contribution >= 4 is 23.2 Å². The molecule has 0 atom stereocenters. The Balaban J connectivity index is 1.84. The first-order valence-corrected chi connectivity index (χ1v) is 7.40. The normalized spacial score (nSPS) is 10.2. The van der Waals surface area contributed by atoms with Crippen molar-refractivity contribution in [3.8, 4) is 0 Å². The number of halogens is 1. The third-order valence-electron chi connectivity index (χ3n) is 3.27. The molecule has 1 amide bonds. The average Bonchev–Trinajstić information content (AvgIpc) is 2.52. The first kappa shape index (κ1) is 15.4. The molecule has 2 N–H and O–H groups in total. The lowest BCUT2D eigenvalue weighted by Gasteiger charge is -2.11. The molecule has 0 radical (unpaired) electrons. The summed E-state index contributed by atoms with van der Waals surface area (Å²) in [6.07, 6.45) is 0.935. The summed E-state index contributed by atoms with van der Waals surface area (Å²) < 4.78 is 0. The number of para-hydroxylation sites is 1. The Bertz CT molecular complexity index is 613. The second-order valence-electron chi connectivity index (χ2n) is 4.73. The Labute approximate surface area is 130 Å². The standard InChI is InChI=1S/C17H19ClN2O/c1-2-13-7-4-6-10-16(13)19-12-17(21)20-11-14-8-3-5-9-15(14)18/h3-10,19H,2,11-12H2,1H3,(H,20,21). The Morgan fingerprint density at radius 1 is 1.05 bits per heavy atom. The van der Waals surface area contributed by atoms with Crippen LogP contribution in [0.15, 0.2) is 48.5 Å². The maximum Gasteiger partial charge on any atom is 0.239 e. The van der Waals surface area contributed by atoms with E-state index in [0.717, 1.165) is 17.7 Å². The molecule has 0 bridgehead atoms. The van der Waals surface area contributed by atoms with E-state index in [2.05, 4.69) is 23.6 Å². The van der Waals surface area contributed by atoms with Crippen molar-refractivity contribution in [3.05, 3.63) is 64.7 Å². The summed E-state index contributed by atoms with van der Waals surface area (Å²) in [7, 11) is 0. The molecule has 2 aromatic rings. The van der Waals surface area contributed by atoms with Crippen LogP contribution in [0.5, 0.6) is 0 Å². The van der Waals surface area contributed by atoms with E-state index in [9.17, 15) is 4.79 Å². The monoisotopic (exact) mass is 302 g/mol. The van der Waals surface area contributed by atoms with Gasteiger partial charge in [0.25, 0.3) is 0 Å². The van der Waals surface area contributed by atoms with Crippen LogP contribution in [-0.4, -0.2) is 12.5 Å². The first-order valence-electron chi connectivity index (χ1n) is 7.02. The molecule has 0 fully saturated rings. The van der Waals surface area contributed by atoms with E-state index >= 15 is 0 Å². The van der Waals surface area contributed by atoms with Crippen molar-refractivity contribution < 1.29 is 4.79 Å². The molecule has 0 aliphatic heterocycles. The van der Waals surface area contributed by atoms with E-state index in [1.807, 2.05) is 42.5 Å². The summed E-state index contributed by atoms with van der Waals surface area (Å²) in [6.45, 7) is 2.79. The summed E-state index contributed by atoms with van der Waals surface area (Å²) >= 11 is 6.05. The summed E-state index contributed by atoms with van der Waals surface area (Å²) in [5.41, 5.74) is 3.13. The fourth-order valence-corrected chi connectivity index (χ4v) is 2.28. The topological polar surface area (TPSA) is 41.1 Å². The number of anilines is 1. The van der Waals surface area contributed by atoms with Crippen molar-refractivity contribution in [1.82, 2.24) is 5.32 Å². The van der Waals surface area contributed by atoms with Crippen LogP contribution in [0.25, 0.3) is 0 Å². The number of hydrogen-bond acceptors (Lipinski definition) is 2. The number of nitrogens with one attached hydrogen (secondary N) is 2. The molecule has 0 saturated heterocycles. The van der Waals surface area contributed by atoms with Crippen LogP contribution in [0.2, 0.25) is 5.02 Å². The van der Waals surface area contributed by atoms with Gasteiger partial charge in [0.05, 0.1) is 6.54 Å². The van der Waals surface area contributed by atoms with Gasteiger partial charge in [-0.05, 0) is 29.7 Å². The summed E-state index contributed by atoms with van der Waals surface area (Å²) in [4.78, 5) is 11.9. The number of hydrogen-bond donors (Lipinski definition) is 2. The van der Waals surface area contributed by atoms with Gasteiger partial charge in [0.2, 0.25) is 5.91 Å². The van der Waals surface area contributed by atoms with E-state index in [-0.39, 0.29) is 12.5 Å². The minimum absolute atomic E-state index is 0.0548. The van der Waals surface area contributed by atoms with Gasteiger partial charge in [-0.25, -0.2) is 0 Å². The third-order valence-corrected chi connectivity index (χ3v) is 3.64. The second kappa shape index (κ2) is 7.70. The zero-order valence-corrected chi connectivity index (χ0v) is 12.8. The van der Waals surface area contributed by atoms with Gasteiger partial charge in [-0.2, -0.15) is 0 Å². The largest absolute Gasteiger partial charge is 0.376 e. The van der Waals surface area contributed by atoms with Gasteiger partial charge in [-0.1, -0.05) is 54.9 Å². The lowest BCUT2D eigenvalue weighted by molar-refractivity contribution is -0.119. The van der Waals surface area contributed by atoms with Crippen molar-refractivity contribution in [2.45, 2.75) is 19.9 Å². The molecule has 0 unspecified atom stereocenters. The molecule has 0 aromatic heterocycles. The van der Waals surface area contributed by atoms with Gasteiger partial charge < -0.3 is 10.6 Å². The van der Waals surface area contributed by atoms with Crippen molar-refractivity contribution in [2.75, 3.05) is 11.9 Å². The fourth-order valence-electron chi connectivity index (χ4n) is 2.07. The molecule has 0 saturated carbocycles. The number of carbonyl (C=O) groups excluding carboxylic acids is 1. The van der Waals surface area contributed by atoms with Crippen LogP contribution >= 0.6 is 11.6 Å². The van der Waals surface area contributed by atoms with Crippen molar-refractivity contribution in [1.29, 1.82) is 0 Å². The van der Waals surface area contributed by atoms with Crippen LogP contribution in [0.1, 0.15) is 18.1 Å². The SMILES string of the molecule is CCc1ccccc1NCC(=O)NCc1ccccc1Cl. The first-order chi connectivity index (χ1) is 10.2. The molecular weight excluding hydrogens is 284 g/mol. The number of amides is 1. The molecule has 0 heterocycles. The number of benzene rings is 2. The highest BCUT2D eigenvalue weighted by atomic mass is 35.5. The maximum atomic E-state index is 11.9. The van der Waals surface area contributed by atoms with E-state index in [1.54, 1.807) is 0 Å². The Morgan fingerprint density at radius 2 is 1.71 bits per heavy atom. The van der Waals surface area contributed by atoms with Crippen LogP contribution in [0.3, 0.4) is 0 Å². The molecule has 21 heavy (non-hydrogen) atoms. The van der Waals surface area contributed by atoms with Crippen LogP contribution in [-0.2, 0) is 17.8 Å². The molecule has 2 aromatic carbocycles. The number of rotatable bonds is 6. The predicted octanol–water partition coefficient (Wildman–Crippen LogP) is 3.63. The van der Waals surface area contributed by atoms with Gasteiger partial charge in [-0.15, -0.1) is 0 Å². The van der Waals surface area contributed by atoms with Crippen LogP contribution in [0, 0.1) is 0 Å². The summed E-state index contributed by atoms with van der Waals surface area (Å²) in [5.74, 6) is -0.0548. The highest BCUT2D eigenvalue weighted by Crippen LogP contribution is 2.15. The average molecular weight is 303 g/mol. The summed E-state index contributed by atoms with van der Waals surface area (Å²) in [5, 5.41) is 6.70. The molecule has 4 heteroatoms. The molecule has 2 rings (SSSR count). The minimum Gasteiger partial charge on any atom is -0.376 e. The van der Waals surface area contributed by atoms with Crippen LogP contribution < -0.4 is 10.6 Å². The lowest BCUT2D eigenvalue weighted by atomic mass is 10.1. The van der Waals surface area contributed by atoms with Gasteiger partial charge in [-0.3, -0.25) is 4.79 Å². The predicted molar refractivity (Wildman–Crippen MR) is 87.6 cm³/mol.